The van der Waals surface area contributed by atoms with Crippen LogP contribution < -0.4 is 16.4 Å². The number of benzene rings is 1. The number of sulfonamides is 1. The van der Waals surface area contributed by atoms with Crippen LogP contribution in [0.3, 0.4) is 0 Å². The van der Waals surface area contributed by atoms with E-state index in [4.69, 9.17) is 10.9 Å². The van der Waals surface area contributed by atoms with E-state index in [1.807, 2.05) is 0 Å². The average Bonchev–Trinajstić information content (AvgIpc) is 2.92. The summed E-state index contributed by atoms with van der Waals surface area (Å²) in [4.78, 5) is 15.7. The largest absolute Gasteiger partial charge is 0.382 e. The van der Waals surface area contributed by atoms with Crippen molar-refractivity contribution in [3.63, 3.8) is 0 Å². The number of anilines is 1. The first-order chi connectivity index (χ1) is 10.9. The Balaban J connectivity index is 2.15. The predicted octanol–water partition coefficient (Wildman–Crippen LogP) is 0.796. The normalized spacial score (nSPS) is 12.2. The zero-order valence-corrected chi connectivity index (χ0v) is 13.0. The van der Waals surface area contributed by atoms with E-state index in [9.17, 15) is 13.2 Å². The fourth-order valence-corrected chi connectivity index (χ4v) is 3.17. The van der Waals surface area contributed by atoms with Gasteiger partial charge in [-0.05, 0) is 12.1 Å². The zero-order valence-electron chi connectivity index (χ0n) is 11.3. The van der Waals surface area contributed by atoms with Crippen LogP contribution in [0, 0.1) is 0 Å². The Hall–Kier alpha value is -2.70. The molecule has 23 heavy (non-hydrogen) atoms. The Labute approximate surface area is 133 Å². The average molecular weight is 351 g/mol. The first-order valence-corrected chi connectivity index (χ1v) is 8.41. The lowest BCUT2D eigenvalue weighted by Gasteiger charge is -1.99. The van der Waals surface area contributed by atoms with Gasteiger partial charge in [0, 0.05) is 0 Å². The lowest BCUT2D eigenvalue weighted by atomic mass is 10.3. The van der Waals surface area contributed by atoms with Crippen LogP contribution in [0.2, 0.25) is 0 Å². The first kappa shape index (κ1) is 15.2. The van der Waals surface area contributed by atoms with Crippen molar-refractivity contribution >= 4 is 43.5 Å². The molecule has 0 aliphatic heterocycles. The van der Waals surface area contributed by atoms with E-state index in [2.05, 4.69) is 20.3 Å². The summed E-state index contributed by atoms with van der Waals surface area (Å²) < 4.78 is 23.2. The fourth-order valence-electron chi connectivity index (χ4n) is 1.65. The monoisotopic (exact) mass is 351 g/mol. The Morgan fingerprint density at radius 2 is 1.87 bits per heavy atom. The highest BCUT2D eigenvalue weighted by atomic mass is 32.2. The number of nitrogens with two attached hydrogens (primary N) is 2. The van der Waals surface area contributed by atoms with Crippen molar-refractivity contribution in [3.8, 4) is 0 Å². The molecule has 0 aliphatic carbocycles. The summed E-state index contributed by atoms with van der Waals surface area (Å²) in [5.74, 6) is -0.175. The number of aromatic nitrogens is 3. The van der Waals surface area contributed by atoms with Gasteiger partial charge in [0.25, 0.3) is 10.0 Å². The van der Waals surface area contributed by atoms with E-state index < -0.39 is 19.9 Å². The number of nitrogens with zero attached hydrogens (tertiary/aromatic N) is 5. The van der Waals surface area contributed by atoms with Gasteiger partial charge in [0.15, 0.2) is 11.5 Å². The van der Waals surface area contributed by atoms with Gasteiger partial charge in [-0.1, -0.05) is 29.5 Å². The minimum Gasteiger partial charge on any atom is -0.382 e. The van der Waals surface area contributed by atoms with Crippen molar-refractivity contribution in [1.82, 2.24) is 14.6 Å². The van der Waals surface area contributed by atoms with Crippen molar-refractivity contribution < 1.29 is 8.42 Å². The highest BCUT2D eigenvalue weighted by molar-refractivity contribution is 7.91. The van der Waals surface area contributed by atoms with E-state index in [0.717, 1.165) is 4.52 Å². The highest BCUT2D eigenvalue weighted by Gasteiger charge is 2.19. The van der Waals surface area contributed by atoms with Crippen LogP contribution in [0.15, 0.2) is 49.7 Å². The van der Waals surface area contributed by atoms with Crippen LogP contribution in [0.25, 0.3) is 4.96 Å². The molecule has 0 saturated heterocycles. The summed E-state index contributed by atoms with van der Waals surface area (Å²) in [6.07, 6.45) is 0. The molecule has 0 atom stereocenters. The van der Waals surface area contributed by atoms with Gasteiger partial charge in [-0.3, -0.25) is 4.79 Å². The highest BCUT2D eigenvalue weighted by Crippen LogP contribution is 2.24. The lowest BCUT2D eigenvalue weighted by molar-refractivity contribution is 0.595. The maximum Gasteiger partial charge on any atom is 0.304 e. The molecule has 1 aromatic carbocycles. The van der Waals surface area contributed by atoms with E-state index in [0.29, 0.717) is 17.0 Å². The summed E-state index contributed by atoms with van der Waals surface area (Å²) in [5.41, 5.74) is 5.35. The van der Waals surface area contributed by atoms with Crippen molar-refractivity contribution in [2.75, 3.05) is 5.73 Å². The molecule has 4 N–H and O–H groups in total. The third-order valence-corrected chi connectivity index (χ3v) is 4.90. The molecule has 0 amide bonds. The van der Waals surface area contributed by atoms with Gasteiger partial charge in [0.1, 0.15) is 0 Å². The van der Waals surface area contributed by atoms with Gasteiger partial charge in [0.2, 0.25) is 9.30 Å². The predicted molar refractivity (Wildman–Crippen MR) is 83.5 cm³/mol. The molecule has 0 radical (unpaired) electrons. The molecule has 0 aliphatic rings. The Bertz CT molecular complexity index is 1070. The van der Waals surface area contributed by atoms with Gasteiger partial charge in [-0.15, -0.1) is 10.2 Å². The maximum atomic E-state index is 12.0. The Morgan fingerprint density at radius 3 is 2.52 bits per heavy atom. The van der Waals surface area contributed by atoms with Crippen molar-refractivity contribution in [3.05, 3.63) is 40.7 Å². The van der Waals surface area contributed by atoms with Crippen molar-refractivity contribution in [1.29, 1.82) is 0 Å². The third kappa shape index (κ3) is 2.94. The van der Waals surface area contributed by atoms with E-state index >= 15 is 0 Å². The summed E-state index contributed by atoms with van der Waals surface area (Å²) in [6, 6.07) is 8.69. The SMILES string of the molecule is Nc1c(N=Nc2ccccc2)c(=O)nc2sc(S(N)(=O)=O)nn12. The number of hydrogen-bond donors (Lipinski definition) is 2. The third-order valence-electron chi connectivity index (χ3n) is 2.68. The van der Waals surface area contributed by atoms with Gasteiger partial charge in [0.05, 0.1) is 5.69 Å². The minimum absolute atomic E-state index is 0.00446. The maximum absolute atomic E-state index is 12.0. The van der Waals surface area contributed by atoms with Crippen LogP contribution in [0.1, 0.15) is 0 Å². The van der Waals surface area contributed by atoms with Crippen LogP contribution in [0.5, 0.6) is 0 Å². The summed E-state index contributed by atoms with van der Waals surface area (Å²) in [5, 5.41) is 16.4. The number of primary sulfonamides is 1. The molecule has 0 fully saturated rings. The molecule has 10 nitrogen and oxygen atoms in total. The zero-order chi connectivity index (χ0) is 16.6. The second-order valence-corrected chi connectivity index (χ2v) is 6.98. The second-order valence-electron chi connectivity index (χ2n) is 4.29. The second kappa shape index (κ2) is 5.49. The van der Waals surface area contributed by atoms with Gasteiger partial charge in [-0.25, -0.2) is 13.6 Å². The lowest BCUT2D eigenvalue weighted by Crippen LogP contribution is -2.14. The van der Waals surface area contributed by atoms with Gasteiger partial charge < -0.3 is 5.73 Å². The molecule has 0 spiro atoms. The van der Waals surface area contributed by atoms with E-state index in [1.54, 1.807) is 30.3 Å². The quantitative estimate of drug-likeness (QED) is 0.664. The van der Waals surface area contributed by atoms with E-state index in [-0.39, 0.29) is 16.5 Å². The summed E-state index contributed by atoms with van der Waals surface area (Å²) >= 11 is 0.631. The topological polar surface area (TPSA) is 158 Å². The first-order valence-electron chi connectivity index (χ1n) is 6.05. The van der Waals surface area contributed by atoms with Crippen molar-refractivity contribution in [2.24, 2.45) is 15.4 Å². The number of fused-ring (bicyclic) bond motifs is 1. The smallest absolute Gasteiger partial charge is 0.304 e. The minimum atomic E-state index is -4.03. The molecule has 0 bridgehead atoms. The van der Waals surface area contributed by atoms with Crippen LogP contribution >= 0.6 is 11.3 Å². The van der Waals surface area contributed by atoms with Crippen molar-refractivity contribution in [2.45, 2.75) is 4.34 Å². The van der Waals surface area contributed by atoms with Crippen LogP contribution in [-0.4, -0.2) is 23.0 Å². The van der Waals surface area contributed by atoms with Gasteiger partial charge >= 0.3 is 5.56 Å². The standard InChI is InChI=1S/C11H9N7O3S2/c12-8-7(16-15-6-4-2-1-3-5-6)9(19)14-10-18(8)17-11(22-10)23(13,20)21/h1-5H,12H2,(H2,13,20,21). The van der Waals surface area contributed by atoms with Crippen LogP contribution in [0.4, 0.5) is 17.2 Å². The number of hydrogen-bond acceptors (Lipinski definition) is 9. The molecule has 118 valence electrons. The fraction of sp³-hybridized carbons (Fsp3) is 0. The number of nitrogen functional groups attached to an aromatic ring is 1. The molecular formula is C11H9N7O3S2. The molecule has 3 rings (SSSR count). The molecule has 0 unspecified atom stereocenters. The van der Waals surface area contributed by atoms with Gasteiger partial charge in [-0.2, -0.15) is 14.6 Å². The molecular weight excluding hydrogens is 342 g/mol. The number of rotatable bonds is 3. The number of azo groups is 1. The molecule has 2 heterocycles. The molecule has 2 aromatic heterocycles. The summed E-state index contributed by atoms with van der Waals surface area (Å²) in [6.45, 7) is 0. The Kier molecular flexibility index (Phi) is 3.63. The molecule has 0 saturated carbocycles. The van der Waals surface area contributed by atoms with Crippen LogP contribution in [-0.2, 0) is 10.0 Å². The Morgan fingerprint density at radius 1 is 1.17 bits per heavy atom. The molecule has 3 aromatic rings. The van der Waals surface area contributed by atoms with E-state index in [1.165, 1.54) is 0 Å². The summed E-state index contributed by atoms with van der Waals surface area (Å²) in [7, 11) is -4.03. The molecule has 12 heteroatoms.